The number of hydrogen-bond acceptors (Lipinski definition) is 0. The third-order valence-electron chi connectivity index (χ3n) is 6.85. The Morgan fingerprint density at radius 3 is 2.04 bits per heavy atom. The first-order chi connectivity index (χ1) is 12.1. The standard InChI is InChI=1S/C24H23B/c1-14-15(2)17(4)23-21(16(14)3)13-20-10-7-9-19-12-18-8-5-6-11-22(18)25(23)24(19)20/h5-11H,12-13H2,1-4H3. The summed E-state index contributed by atoms with van der Waals surface area (Å²) < 4.78 is 0. The van der Waals surface area contributed by atoms with Crippen LogP contribution in [-0.2, 0) is 12.8 Å². The van der Waals surface area contributed by atoms with Crippen molar-refractivity contribution in [2.75, 3.05) is 0 Å². The van der Waals surface area contributed by atoms with Gasteiger partial charge in [-0.1, -0.05) is 64.4 Å². The van der Waals surface area contributed by atoms with E-state index in [0.29, 0.717) is 6.71 Å². The van der Waals surface area contributed by atoms with Gasteiger partial charge in [0.25, 0.3) is 0 Å². The maximum atomic E-state index is 2.36. The van der Waals surface area contributed by atoms with Crippen LogP contribution in [0.5, 0.6) is 0 Å². The molecule has 0 nitrogen and oxygen atoms in total. The Bertz CT molecular complexity index is 1040. The van der Waals surface area contributed by atoms with Crippen LogP contribution in [0.15, 0.2) is 42.5 Å². The summed E-state index contributed by atoms with van der Waals surface area (Å²) in [5.74, 6) is 0. The van der Waals surface area contributed by atoms with Gasteiger partial charge in [-0.25, -0.2) is 0 Å². The minimum atomic E-state index is 0.415. The van der Waals surface area contributed by atoms with Gasteiger partial charge in [-0.15, -0.1) is 0 Å². The molecule has 0 aliphatic carbocycles. The molecule has 0 saturated heterocycles. The van der Waals surface area contributed by atoms with Crippen molar-refractivity contribution in [3.8, 4) is 0 Å². The minimum Gasteiger partial charge on any atom is -0.0667 e. The summed E-state index contributed by atoms with van der Waals surface area (Å²) >= 11 is 0. The molecule has 0 N–H and O–H groups in total. The van der Waals surface area contributed by atoms with E-state index in [1.165, 1.54) is 44.4 Å². The van der Waals surface area contributed by atoms with E-state index in [4.69, 9.17) is 0 Å². The van der Waals surface area contributed by atoms with Crippen LogP contribution < -0.4 is 16.4 Å². The van der Waals surface area contributed by atoms with Gasteiger partial charge in [0.05, 0.1) is 0 Å². The molecule has 122 valence electrons. The molecule has 0 saturated carbocycles. The molecule has 0 aromatic heterocycles. The van der Waals surface area contributed by atoms with Gasteiger partial charge in [-0.05, 0) is 79.5 Å². The van der Waals surface area contributed by atoms with E-state index >= 15 is 0 Å². The van der Waals surface area contributed by atoms with Crippen molar-refractivity contribution >= 4 is 23.1 Å². The van der Waals surface area contributed by atoms with E-state index in [1.54, 1.807) is 16.5 Å². The molecular formula is C24H23B. The van der Waals surface area contributed by atoms with E-state index in [-0.39, 0.29) is 0 Å². The van der Waals surface area contributed by atoms with Crippen molar-refractivity contribution in [2.24, 2.45) is 0 Å². The molecule has 3 aromatic rings. The third kappa shape index (κ3) is 1.90. The highest BCUT2D eigenvalue weighted by Crippen LogP contribution is 2.28. The first-order valence-electron chi connectivity index (χ1n) is 9.35. The van der Waals surface area contributed by atoms with Crippen molar-refractivity contribution < 1.29 is 0 Å². The molecule has 2 aliphatic rings. The van der Waals surface area contributed by atoms with Crippen LogP contribution in [0.4, 0.5) is 0 Å². The van der Waals surface area contributed by atoms with E-state index in [0.717, 1.165) is 12.8 Å². The summed E-state index contributed by atoms with van der Waals surface area (Å²) in [6.07, 6.45) is 2.17. The highest BCUT2D eigenvalue weighted by Gasteiger charge is 2.38. The van der Waals surface area contributed by atoms with Gasteiger partial charge < -0.3 is 0 Å². The summed E-state index contributed by atoms with van der Waals surface area (Å²) in [6, 6.07) is 16.0. The number of hydrogen-bond donors (Lipinski definition) is 0. The Morgan fingerprint density at radius 1 is 0.600 bits per heavy atom. The molecule has 0 unspecified atom stereocenters. The molecule has 0 spiro atoms. The molecule has 0 amide bonds. The zero-order valence-corrected chi connectivity index (χ0v) is 15.5. The minimum absolute atomic E-state index is 0.415. The number of rotatable bonds is 0. The fraction of sp³-hybridized carbons (Fsp3) is 0.250. The first kappa shape index (κ1) is 15.0. The van der Waals surface area contributed by atoms with Crippen LogP contribution in [0, 0.1) is 27.7 Å². The molecule has 5 rings (SSSR count). The quantitative estimate of drug-likeness (QED) is 0.384. The summed E-state index contributed by atoms with van der Waals surface area (Å²) in [4.78, 5) is 0. The monoisotopic (exact) mass is 322 g/mol. The summed E-state index contributed by atoms with van der Waals surface area (Å²) in [5, 5.41) is 0. The second-order valence-corrected chi connectivity index (χ2v) is 7.87. The van der Waals surface area contributed by atoms with Crippen molar-refractivity contribution in [1.29, 1.82) is 0 Å². The number of benzene rings is 3. The van der Waals surface area contributed by atoms with Crippen LogP contribution >= 0.6 is 0 Å². The fourth-order valence-corrected chi connectivity index (χ4v) is 5.21. The van der Waals surface area contributed by atoms with Crippen LogP contribution in [0.1, 0.15) is 44.5 Å². The van der Waals surface area contributed by atoms with Gasteiger partial charge in [0, 0.05) is 0 Å². The Hall–Kier alpha value is -2.28. The van der Waals surface area contributed by atoms with Crippen molar-refractivity contribution in [1.82, 2.24) is 0 Å². The lowest BCUT2D eigenvalue weighted by Gasteiger charge is -2.36. The van der Waals surface area contributed by atoms with Gasteiger partial charge in [-0.3, -0.25) is 0 Å². The Kier molecular flexibility index (Phi) is 3.07. The predicted molar refractivity (Wildman–Crippen MR) is 109 cm³/mol. The summed E-state index contributed by atoms with van der Waals surface area (Å²) in [6.45, 7) is 9.67. The zero-order valence-electron chi connectivity index (χ0n) is 15.5. The second-order valence-electron chi connectivity index (χ2n) is 7.87. The molecule has 1 heteroatoms. The number of fused-ring (bicyclic) bond motifs is 4. The van der Waals surface area contributed by atoms with E-state index in [2.05, 4.69) is 70.2 Å². The topological polar surface area (TPSA) is 0 Å². The smallest absolute Gasteiger partial charge is 0.0667 e. The first-order valence-corrected chi connectivity index (χ1v) is 9.35. The summed E-state index contributed by atoms with van der Waals surface area (Å²) in [5.41, 5.74) is 16.8. The van der Waals surface area contributed by atoms with Gasteiger partial charge in [0.15, 0.2) is 0 Å². The zero-order chi connectivity index (χ0) is 17.3. The van der Waals surface area contributed by atoms with Crippen LogP contribution in [0.3, 0.4) is 0 Å². The lowest BCUT2D eigenvalue weighted by atomic mass is 9.30. The fourth-order valence-electron chi connectivity index (χ4n) is 5.21. The van der Waals surface area contributed by atoms with Crippen molar-refractivity contribution in [3.63, 3.8) is 0 Å². The van der Waals surface area contributed by atoms with Gasteiger partial charge in [0.2, 0.25) is 6.71 Å². The van der Waals surface area contributed by atoms with E-state index < -0.39 is 0 Å². The Morgan fingerprint density at radius 2 is 1.24 bits per heavy atom. The molecule has 2 aliphatic heterocycles. The Balaban J connectivity index is 1.92. The van der Waals surface area contributed by atoms with Crippen LogP contribution in [0.25, 0.3) is 0 Å². The molecule has 25 heavy (non-hydrogen) atoms. The molecule has 0 atom stereocenters. The van der Waals surface area contributed by atoms with Crippen LogP contribution in [-0.4, -0.2) is 6.71 Å². The van der Waals surface area contributed by atoms with Gasteiger partial charge in [-0.2, -0.15) is 0 Å². The lowest BCUT2D eigenvalue weighted by Crippen LogP contribution is -2.62. The third-order valence-corrected chi connectivity index (χ3v) is 6.85. The Labute approximate surface area is 151 Å². The average molecular weight is 322 g/mol. The van der Waals surface area contributed by atoms with Crippen LogP contribution in [0.2, 0.25) is 0 Å². The largest absolute Gasteiger partial charge is 0.243 e. The second kappa shape index (κ2) is 5.11. The predicted octanol–water partition coefficient (Wildman–Crippen LogP) is 3.24. The highest BCUT2D eigenvalue weighted by atomic mass is 14.3. The van der Waals surface area contributed by atoms with E-state index in [1.807, 2.05) is 0 Å². The van der Waals surface area contributed by atoms with Gasteiger partial charge >= 0.3 is 0 Å². The normalized spacial score (nSPS) is 14.0. The maximum absolute atomic E-state index is 2.36. The molecule has 2 heterocycles. The van der Waals surface area contributed by atoms with Gasteiger partial charge in [0.1, 0.15) is 0 Å². The SMILES string of the molecule is Cc1c(C)c(C)c2c(c1C)Cc1cccc3c1B2c1ccccc1C3. The molecule has 0 fully saturated rings. The molecule has 3 aromatic carbocycles. The van der Waals surface area contributed by atoms with E-state index in [9.17, 15) is 0 Å². The maximum Gasteiger partial charge on any atom is 0.243 e. The van der Waals surface area contributed by atoms with Crippen molar-refractivity contribution in [2.45, 2.75) is 40.5 Å². The average Bonchev–Trinajstić information content (AvgIpc) is 2.64. The lowest BCUT2D eigenvalue weighted by molar-refractivity contribution is 1.10. The molecule has 0 radical (unpaired) electrons. The highest BCUT2D eigenvalue weighted by molar-refractivity contribution is 6.97. The summed E-state index contributed by atoms with van der Waals surface area (Å²) in [7, 11) is 0. The molecule has 0 bridgehead atoms. The van der Waals surface area contributed by atoms with Crippen molar-refractivity contribution in [3.05, 3.63) is 87.0 Å². The molecular weight excluding hydrogens is 299 g/mol.